The summed E-state index contributed by atoms with van der Waals surface area (Å²) in [5.41, 5.74) is 12.6. The van der Waals surface area contributed by atoms with Crippen LogP contribution in [0.1, 0.15) is 25.0 Å². The molecule has 0 aliphatic heterocycles. The Labute approximate surface area is 224 Å². The van der Waals surface area contributed by atoms with Crippen LogP contribution in [-0.4, -0.2) is 0 Å². The van der Waals surface area contributed by atoms with Crippen molar-refractivity contribution >= 4 is 22.1 Å². The van der Waals surface area contributed by atoms with Crippen molar-refractivity contribution in [3.8, 4) is 33.4 Å². The predicted molar refractivity (Wildman–Crippen MR) is 162 cm³/mol. The molecule has 1 aliphatic rings. The molecular formula is C37H29N. The third-order valence-corrected chi connectivity index (χ3v) is 8.01. The maximum Gasteiger partial charge on any atom is 0.0431 e. The molecule has 0 amide bonds. The van der Waals surface area contributed by atoms with Crippen molar-refractivity contribution in [1.29, 1.82) is 0 Å². The van der Waals surface area contributed by atoms with E-state index in [4.69, 9.17) is 0 Å². The second kappa shape index (κ2) is 8.75. The van der Waals surface area contributed by atoms with Crippen molar-refractivity contribution in [1.82, 2.24) is 0 Å². The SMILES string of the molecule is CC1(C)c2cc(-c3ccccc3)ccc2-c2cccc(Nc3ccc4ccc(-c5ccccc5)cc4c3)c21. The summed E-state index contributed by atoms with van der Waals surface area (Å²) in [6, 6.07) is 48.2. The fourth-order valence-corrected chi connectivity index (χ4v) is 6.09. The van der Waals surface area contributed by atoms with E-state index in [9.17, 15) is 0 Å². The molecule has 0 atom stereocenters. The predicted octanol–water partition coefficient (Wildman–Crippen LogP) is 10.2. The molecule has 0 spiro atoms. The van der Waals surface area contributed by atoms with Crippen LogP contribution < -0.4 is 5.32 Å². The summed E-state index contributed by atoms with van der Waals surface area (Å²) in [5.74, 6) is 0. The monoisotopic (exact) mass is 487 g/mol. The molecule has 0 saturated heterocycles. The van der Waals surface area contributed by atoms with Gasteiger partial charge >= 0.3 is 0 Å². The highest BCUT2D eigenvalue weighted by atomic mass is 14.9. The summed E-state index contributed by atoms with van der Waals surface area (Å²) < 4.78 is 0. The zero-order valence-electron chi connectivity index (χ0n) is 21.7. The van der Waals surface area contributed by atoms with Gasteiger partial charge in [-0.25, -0.2) is 0 Å². The van der Waals surface area contributed by atoms with Gasteiger partial charge < -0.3 is 5.32 Å². The fourth-order valence-electron chi connectivity index (χ4n) is 6.09. The van der Waals surface area contributed by atoms with Gasteiger partial charge in [-0.15, -0.1) is 0 Å². The summed E-state index contributed by atoms with van der Waals surface area (Å²) >= 11 is 0. The molecule has 6 aromatic carbocycles. The number of nitrogens with one attached hydrogen (secondary N) is 1. The lowest BCUT2D eigenvalue weighted by Gasteiger charge is -2.25. The van der Waals surface area contributed by atoms with Crippen LogP contribution in [-0.2, 0) is 5.41 Å². The van der Waals surface area contributed by atoms with E-state index in [2.05, 4.69) is 153 Å². The molecular weight excluding hydrogens is 458 g/mol. The van der Waals surface area contributed by atoms with Gasteiger partial charge in [0.05, 0.1) is 0 Å². The minimum absolute atomic E-state index is 0.115. The van der Waals surface area contributed by atoms with Crippen LogP contribution in [0.4, 0.5) is 11.4 Å². The summed E-state index contributed by atoms with van der Waals surface area (Å²) in [6.45, 7) is 4.70. The Kier molecular flexibility index (Phi) is 5.19. The minimum Gasteiger partial charge on any atom is -0.355 e. The average Bonchev–Trinajstić information content (AvgIpc) is 3.20. The van der Waals surface area contributed by atoms with Crippen LogP contribution in [0.25, 0.3) is 44.2 Å². The number of hydrogen-bond acceptors (Lipinski definition) is 1. The van der Waals surface area contributed by atoms with Crippen molar-refractivity contribution in [3.05, 3.63) is 145 Å². The number of rotatable bonds is 4. The first kappa shape index (κ1) is 22.6. The van der Waals surface area contributed by atoms with E-state index >= 15 is 0 Å². The Morgan fingerprint density at radius 3 is 1.87 bits per heavy atom. The highest BCUT2D eigenvalue weighted by Gasteiger charge is 2.37. The first-order chi connectivity index (χ1) is 18.6. The van der Waals surface area contributed by atoms with Crippen LogP contribution >= 0.6 is 0 Å². The van der Waals surface area contributed by atoms with E-state index in [1.54, 1.807) is 0 Å². The van der Waals surface area contributed by atoms with Crippen molar-refractivity contribution in [2.75, 3.05) is 5.32 Å². The van der Waals surface area contributed by atoms with Gasteiger partial charge in [-0.1, -0.05) is 117 Å². The smallest absolute Gasteiger partial charge is 0.0431 e. The molecule has 7 rings (SSSR count). The standard InChI is InChI=1S/C37H29N/c1-37(2)34-24-29(26-12-7-4-8-13-26)19-21-32(34)33-14-9-15-35(36(33)37)38-31-20-18-27-16-17-28(22-30(27)23-31)25-10-5-3-6-11-25/h3-24,38H,1-2H3. The van der Waals surface area contributed by atoms with Gasteiger partial charge in [0.2, 0.25) is 0 Å². The number of hydrogen-bond donors (Lipinski definition) is 1. The maximum absolute atomic E-state index is 3.79. The van der Waals surface area contributed by atoms with E-state index in [1.165, 1.54) is 61.0 Å². The molecule has 0 fully saturated rings. The first-order valence-electron chi connectivity index (χ1n) is 13.3. The van der Waals surface area contributed by atoms with Crippen molar-refractivity contribution in [2.45, 2.75) is 19.3 Å². The Morgan fingerprint density at radius 2 is 1.13 bits per heavy atom. The minimum atomic E-state index is -0.115. The molecule has 0 heterocycles. The summed E-state index contributed by atoms with van der Waals surface area (Å²) in [5, 5.41) is 6.27. The Bertz CT molecular complexity index is 1800. The largest absolute Gasteiger partial charge is 0.355 e. The number of benzene rings is 6. The first-order valence-corrected chi connectivity index (χ1v) is 13.3. The lowest BCUT2D eigenvalue weighted by Crippen LogP contribution is -2.17. The topological polar surface area (TPSA) is 12.0 Å². The van der Waals surface area contributed by atoms with Gasteiger partial charge in [0.15, 0.2) is 0 Å². The highest BCUT2D eigenvalue weighted by Crippen LogP contribution is 2.52. The third-order valence-electron chi connectivity index (χ3n) is 8.01. The molecule has 1 heteroatoms. The van der Waals surface area contributed by atoms with Crippen LogP contribution in [0.2, 0.25) is 0 Å². The molecule has 1 N–H and O–H groups in total. The van der Waals surface area contributed by atoms with Gasteiger partial charge in [0.25, 0.3) is 0 Å². The van der Waals surface area contributed by atoms with Gasteiger partial charge in [-0.05, 0) is 85.6 Å². The zero-order valence-corrected chi connectivity index (χ0v) is 21.7. The molecule has 0 saturated carbocycles. The van der Waals surface area contributed by atoms with Crippen LogP contribution in [0, 0.1) is 0 Å². The number of fused-ring (bicyclic) bond motifs is 4. The lowest BCUT2D eigenvalue weighted by molar-refractivity contribution is 0.662. The Hall–Kier alpha value is -4.62. The van der Waals surface area contributed by atoms with Gasteiger partial charge in [0.1, 0.15) is 0 Å². The molecule has 0 aromatic heterocycles. The number of anilines is 2. The normalized spacial score (nSPS) is 13.2. The average molecular weight is 488 g/mol. The van der Waals surface area contributed by atoms with Gasteiger partial charge in [-0.3, -0.25) is 0 Å². The third kappa shape index (κ3) is 3.71. The van der Waals surface area contributed by atoms with Crippen molar-refractivity contribution in [2.24, 2.45) is 0 Å². The summed E-state index contributed by atoms with van der Waals surface area (Å²) in [6.07, 6.45) is 0. The van der Waals surface area contributed by atoms with Crippen molar-refractivity contribution < 1.29 is 0 Å². The fraction of sp³-hybridized carbons (Fsp3) is 0.0811. The van der Waals surface area contributed by atoms with Gasteiger partial charge in [0, 0.05) is 16.8 Å². The molecule has 6 aromatic rings. The highest BCUT2D eigenvalue weighted by molar-refractivity contribution is 5.92. The molecule has 182 valence electrons. The van der Waals surface area contributed by atoms with Crippen LogP contribution in [0.5, 0.6) is 0 Å². The molecule has 1 aliphatic carbocycles. The second-order valence-electron chi connectivity index (χ2n) is 10.7. The molecule has 0 unspecified atom stereocenters. The lowest BCUT2D eigenvalue weighted by atomic mass is 9.80. The molecule has 0 radical (unpaired) electrons. The van der Waals surface area contributed by atoms with Crippen molar-refractivity contribution in [3.63, 3.8) is 0 Å². The molecule has 38 heavy (non-hydrogen) atoms. The molecule has 1 nitrogen and oxygen atoms in total. The molecule has 0 bridgehead atoms. The quantitative estimate of drug-likeness (QED) is 0.261. The van der Waals surface area contributed by atoms with Crippen LogP contribution in [0.15, 0.2) is 133 Å². The van der Waals surface area contributed by atoms with E-state index in [-0.39, 0.29) is 5.41 Å². The summed E-state index contributed by atoms with van der Waals surface area (Å²) in [4.78, 5) is 0. The van der Waals surface area contributed by atoms with Gasteiger partial charge in [-0.2, -0.15) is 0 Å². The van der Waals surface area contributed by atoms with E-state index < -0.39 is 0 Å². The Morgan fingerprint density at radius 1 is 0.474 bits per heavy atom. The Balaban J connectivity index is 1.27. The maximum atomic E-state index is 3.79. The van der Waals surface area contributed by atoms with E-state index in [1.807, 2.05) is 0 Å². The zero-order chi connectivity index (χ0) is 25.7. The van der Waals surface area contributed by atoms with E-state index in [0.29, 0.717) is 0 Å². The second-order valence-corrected chi connectivity index (χ2v) is 10.7. The van der Waals surface area contributed by atoms with E-state index in [0.717, 1.165) is 5.69 Å². The van der Waals surface area contributed by atoms with Crippen LogP contribution in [0.3, 0.4) is 0 Å². The summed E-state index contributed by atoms with van der Waals surface area (Å²) in [7, 11) is 0.